The minimum atomic E-state index is -0.231. The van der Waals surface area contributed by atoms with E-state index in [2.05, 4.69) is 15.1 Å². The van der Waals surface area contributed by atoms with Crippen LogP contribution in [0, 0.1) is 13.8 Å². The Morgan fingerprint density at radius 2 is 1.91 bits per heavy atom. The number of hydrogen-bond acceptors (Lipinski definition) is 5. The van der Waals surface area contributed by atoms with Gasteiger partial charge in [-0.15, -0.1) is 0 Å². The summed E-state index contributed by atoms with van der Waals surface area (Å²) in [6, 6.07) is 7.22. The summed E-state index contributed by atoms with van der Waals surface area (Å²) in [4.78, 5) is 8.20. The fourth-order valence-electron chi connectivity index (χ4n) is 1.90. The molecular formula is C15H17ClN4O2. The molecule has 2 rings (SSSR count). The van der Waals surface area contributed by atoms with Crippen LogP contribution in [0.4, 0.5) is 0 Å². The van der Waals surface area contributed by atoms with Crippen LogP contribution in [0.1, 0.15) is 35.4 Å². The summed E-state index contributed by atoms with van der Waals surface area (Å²) in [5, 5.41) is 11.8. The van der Waals surface area contributed by atoms with Crippen molar-refractivity contribution in [2.45, 2.75) is 26.9 Å². The van der Waals surface area contributed by atoms with Crippen LogP contribution in [0.25, 0.3) is 0 Å². The van der Waals surface area contributed by atoms with Crippen molar-refractivity contribution in [1.29, 1.82) is 0 Å². The fraction of sp³-hybridized carbons (Fsp3) is 0.267. The van der Waals surface area contributed by atoms with Crippen LogP contribution in [0.5, 0.6) is 5.88 Å². The zero-order valence-corrected chi connectivity index (χ0v) is 13.3. The summed E-state index contributed by atoms with van der Waals surface area (Å²) in [5.41, 5.74) is 8.73. The molecule has 0 spiro atoms. The first-order valence-corrected chi connectivity index (χ1v) is 7.05. The summed E-state index contributed by atoms with van der Waals surface area (Å²) < 4.78 is 5.87. The fourth-order valence-corrected chi connectivity index (χ4v) is 2.11. The van der Waals surface area contributed by atoms with Gasteiger partial charge in [0.2, 0.25) is 11.2 Å². The molecule has 7 heteroatoms. The van der Waals surface area contributed by atoms with Gasteiger partial charge in [-0.1, -0.05) is 29.4 Å². The predicted octanol–water partition coefficient (Wildman–Crippen LogP) is 2.98. The molecule has 0 aliphatic carbocycles. The number of aromatic nitrogens is 2. The lowest BCUT2D eigenvalue weighted by Gasteiger charge is -2.17. The first kappa shape index (κ1) is 16.0. The second-order valence-corrected chi connectivity index (χ2v) is 5.21. The molecule has 1 aromatic carbocycles. The van der Waals surface area contributed by atoms with E-state index in [0.29, 0.717) is 11.4 Å². The van der Waals surface area contributed by atoms with Gasteiger partial charge in [-0.2, -0.15) is 4.98 Å². The zero-order chi connectivity index (χ0) is 16.3. The molecule has 1 aromatic heterocycles. The van der Waals surface area contributed by atoms with E-state index in [9.17, 15) is 0 Å². The van der Waals surface area contributed by atoms with E-state index in [1.165, 1.54) is 0 Å². The van der Waals surface area contributed by atoms with Gasteiger partial charge in [0, 0.05) is 16.8 Å². The van der Waals surface area contributed by atoms with Crippen LogP contribution in [-0.4, -0.2) is 21.0 Å². The number of nitrogens with zero attached hydrogens (tertiary/aromatic N) is 3. The van der Waals surface area contributed by atoms with Gasteiger partial charge in [0.25, 0.3) is 0 Å². The number of halogens is 1. The Kier molecular flexibility index (Phi) is 4.82. The Morgan fingerprint density at radius 1 is 1.27 bits per heavy atom. The molecule has 1 atom stereocenters. The Bertz CT molecular complexity index is 701. The monoisotopic (exact) mass is 320 g/mol. The van der Waals surface area contributed by atoms with Gasteiger partial charge in [-0.3, -0.25) is 0 Å². The molecule has 22 heavy (non-hydrogen) atoms. The molecule has 3 N–H and O–H groups in total. The van der Waals surface area contributed by atoms with Gasteiger partial charge in [0.15, 0.2) is 5.84 Å². The number of oxime groups is 1. The molecule has 0 bridgehead atoms. The molecule has 0 aliphatic heterocycles. The van der Waals surface area contributed by atoms with Crippen molar-refractivity contribution in [1.82, 2.24) is 9.97 Å². The van der Waals surface area contributed by atoms with Crippen molar-refractivity contribution in [2.75, 3.05) is 0 Å². The highest BCUT2D eigenvalue weighted by Gasteiger charge is 2.13. The van der Waals surface area contributed by atoms with E-state index >= 15 is 0 Å². The molecule has 0 saturated carbocycles. The third-order valence-electron chi connectivity index (χ3n) is 3.39. The minimum absolute atomic E-state index is 0.0640. The molecule has 2 aromatic rings. The zero-order valence-electron chi connectivity index (χ0n) is 12.5. The molecular weight excluding hydrogens is 304 g/mol. The van der Waals surface area contributed by atoms with Crippen LogP contribution in [0.3, 0.4) is 0 Å². The van der Waals surface area contributed by atoms with Gasteiger partial charge in [-0.05, 0) is 37.9 Å². The Hall–Kier alpha value is -2.34. The summed E-state index contributed by atoms with van der Waals surface area (Å²) in [6.07, 6.45) is -0.231. The van der Waals surface area contributed by atoms with E-state index in [4.69, 9.17) is 27.3 Å². The van der Waals surface area contributed by atoms with E-state index < -0.39 is 0 Å². The first-order chi connectivity index (χ1) is 10.4. The molecule has 6 nitrogen and oxygen atoms in total. The number of nitrogens with two attached hydrogens (primary N) is 1. The summed E-state index contributed by atoms with van der Waals surface area (Å²) in [5.74, 6) is 0.527. The number of amidine groups is 1. The van der Waals surface area contributed by atoms with Crippen LogP contribution < -0.4 is 10.5 Å². The maximum absolute atomic E-state index is 8.66. The molecule has 0 amide bonds. The average molecular weight is 321 g/mol. The van der Waals surface area contributed by atoms with Crippen molar-refractivity contribution in [3.8, 4) is 5.88 Å². The summed E-state index contributed by atoms with van der Waals surface area (Å²) in [7, 11) is 0. The SMILES string of the molecule is Cc1nc(Cl)nc(O[C@@H](C)c2ccc(/C(N)=N/O)cc2)c1C. The average Bonchev–Trinajstić information content (AvgIpc) is 2.51. The number of ether oxygens (including phenoxy) is 1. The second-order valence-electron chi connectivity index (χ2n) is 4.88. The molecule has 116 valence electrons. The van der Waals surface area contributed by atoms with Gasteiger partial charge in [0.1, 0.15) is 6.10 Å². The lowest BCUT2D eigenvalue weighted by molar-refractivity contribution is 0.215. The number of hydrogen-bond donors (Lipinski definition) is 2. The molecule has 0 unspecified atom stereocenters. The molecule has 0 aliphatic rings. The highest BCUT2D eigenvalue weighted by Crippen LogP contribution is 2.25. The molecule has 1 heterocycles. The van der Waals surface area contributed by atoms with Crippen LogP contribution in [0.2, 0.25) is 5.28 Å². The van der Waals surface area contributed by atoms with Crippen molar-refractivity contribution in [2.24, 2.45) is 10.9 Å². The highest BCUT2D eigenvalue weighted by atomic mass is 35.5. The lowest BCUT2D eigenvalue weighted by atomic mass is 10.1. The summed E-state index contributed by atoms with van der Waals surface area (Å²) >= 11 is 5.87. The van der Waals surface area contributed by atoms with E-state index in [0.717, 1.165) is 16.8 Å². The van der Waals surface area contributed by atoms with Crippen molar-refractivity contribution in [3.63, 3.8) is 0 Å². The maximum atomic E-state index is 8.66. The van der Waals surface area contributed by atoms with Gasteiger partial charge in [0.05, 0.1) is 0 Å². The van der Waals surface area contributed by atoms with Crippen molar-refractivity contribution >= 4 is 17.4 Å². The van der Waals surface area contributed by atoms with Crippen LogP contribution >= 0.6 is 11.6 Å². The maximum Gasteiger partial charge on any atom is 0.225 e. The predicted molar refractivity (Wildman–Crippen MR) is 84.5 cm³/mol. The lowest BCUT2D eigenvalue weighted by Crippen LogP contribution is -2.13. The third-order valence-corrected chi connectivity index (χ3v) is 3.56. The minimum Gasteiger partial charge on any atom is -0.469 e. The largest absolute Gasteiger partial charge is 0.469 e. The second kappa shape index (κ2) is 6.62. The van der Waals surface area contributed by atoms with Crippen molar-refractivity contribution in [3.05, 3.63) is 51.9 Å². The van der Waals surface area contributed by atoms with E-state index in [-0.39, 0.29) is 17.2 Å². The van der Waals surface area contributed by atoms with Crippen LogP contribution in [-0.2, 0) is 0 Å². The first-order valence-electron chi connectivity index (χ1n) is 6.67. The standard InChI is InChI=1S/C15H17ClN4O2/c1-8-9(2)18-15(16)19-14(8)22-10(3)11-4-6-12(7-5-11)13(17)20-21/h4-7,10,21H,1-3H3,(H2,17,20)/t10-/m0/s1. The Balaban J connectivity index is 2.21. The highest BCUT2D eigenvalue weighted by molar-refractivity contribution is 6.28. The van der Waals surface area contributed by atoms with Gasteiger partial charge < -0.3 is 15.7 Å². The number of benzene rings is 1. The van der Waals surface area contributed by atoms with E-state index in [1.807, 2.05) is 32.9 Å². The molecule has 0 fully saturated rings. The van der Waals surface area contributed by atoms with E-state index in [1.54, 1.807) is 12.1 Å². The Morgan fingerprint density at radius 3 is 2.50 bits per heavy atom. The van der Waals surface area contributed by atoms with Gasteiger partial charge in [-0.25, -0.2) is 4.98 Å². The Labute approximate surface area is 133 Å². The molecule has 0 saturated heterocycles. The number of aryl methyl sites for hydroxylation is 1. The third kappa shape index (κ3) is 3.46. The quantitative estimate of drug-likeness (QED) is 0.297. The smallest absolute Gasteiger partial charge is 0.225 e. The topological polar surface area (TPSA) is 93.6 Å². The molecule has 0 radical (unpaired) electrons. The van der Waals surface area contributed by atoms with Gasteiger partial charge >= 0.3 is 0 Å². The summed E-state index contributed by atoms with van der Waals surface area (Å²) in [6.45, 7) is 5.64. The van der Waals surface area contributed by atoms with Crippen LogP contribution in [0.15, 0.2) is 29.4 Å². The van der Waals surface area contributed by atoms with Crippen molar-refractivity contribution < 1.29 is 9.94 Å². The number of rotatable bonds is 4. The normalized spacial score (nSPS) is 13.0.